The van der Waals surface area contributed by atoms with Crippen molar-refractivity contribution in [2.24, 2.45) is 0 Å². The van der Waals surface area contributed by atoms with Crippen molar-refractivity contribution in [1.29, 1.82) is 0 Å². The molecular weight excluding hydrogens is 218 g/mol. The number of carbonyl (C=O) groups is 2. The maximum absolute atomic E-state index is 11.9. The highest BCUT2D eigenvalue weighted by Gasteiger charge is 2.23. The van der Waals surface area contributed by atoms with E-state index >= 15 is 0 Å². The molecule has 0 spiro atoms. The number of aliphatic hydroxyl groups is 1. The molecule has 1 unspecified atom stereocenters. The number of hydrogen-bond acceptors (Lipinski definition) is 3. The van der Waals surface area contributed by atoms with Crippen LogP contribution in [0.25, 0.3) is 0 Å². The number of aliphatic hydroxyl groups excluding tert-OH is 1. The van der Waals surface area contributed by atoms with Crippen molar-refractivity contribution in [1.82, 2.24) is 5.32 Å². The summed E-state index contributed by atoms with van der Waals surface area (Å²) in [6.07, 6.45) is 1.32. The molecule has 17 heavy (non-hydrogen) atoms. The zero-order valence-corrected chi connectivity index (χ0v) is 10.1. The molecule has 2 N–H and O–H groups in total. The SMILES string of the molecule is CCC(C)(CO)NC(=O)c1cccc(C=O)c1. The minimum Gasteiger partial charge on any atom is -0.394 e. The lowest BCUT2D eigenvalue weighted by Crippen LogP contribution is -2.48. The van der Waals surface area contributed by atoms with E-state index in [2.05, 4.69) is 5.32 Å². The molecule has 4 heteroatoms. The lowest BCUT2D eigenvalue weighted by Gasteiger charge is -2.27. The molecular formula is C13H17NO3. The summed E-state index contributed by atoms with van der Waals surface area (Å²) in [6, 6.07) is 6.45. The predicted molar refractivity (Wildman–Crippen MR) is 65.1 cm³/mol. The summed E-state index contributed by atoms with van der Waals surface area (Å²) >= 11 is 0. The van der Waals surface area contributed by atoms with Crippen LogP contribution in [-0.4, -0.2) is 29.4 Å². The quantitative estimate of drug-likeness (QED) is 0.758. The number of carbonyl (C=O) groups excluding carboxylic acids is 2. The molecule has 0 radical (unpaired) electrons. The second kappa shape index (κ2) is 5.59. The van der Waals surface area contributed by atoms with Crippen LogP contribution >= 0.6 is 0 Å². The van der Waals surface area contributed by atoms with Gasteiger partial charge in [0.05, 0.1) is 12.1 Å². The molecule has 1 amide bonds. The average molecular weight is 235 g/mol. The fourth-order valence-electron chi connectivity index (χ4n) is 1.34. The zero-order chi connectivity index (χ0) is 12.9. The molecule has 0 bridgehead atoms. The van der Waals surface area contributed by atoms with Crippen LogP contribution in [-0.2, 0) is 0 Å². The minimum absolute atomic E-state index is 0.122. The van der Waals surface area contributed by atoms with Crippen molar-refractivity contribution in [3.8, 4) is 0 Å². The van der Waals surface area contributed by atoms with Gasteiger partial charge in [0.15, 0.2) is 0 Å². The summed E-state index contributed by atoms with van der Waals surface area (Å²) < 4.78 is 0. The van der Waals surface area contributed by atoms with Crippen LogP contribution in [0.4, 0.5) is 0 Å². The summed E-state index contributed by atoms with van der Waals surface area (Å²) in [5.74, 6) is -0.285. The predicted octanol–water partition coefficient (Wildman–Crippen LogP) is 1.39. The Bertz CT molecular complexity index is 411. The van der Waals surface area contributed by atoms with Crippen LogP contribution < -0.4 is 5.32 Å². The first-order valence-electron chi connectivity index (χ1n) is 5.53. The Hall–Kier alpha value is -1.68. The standard InChI is InChI=1S/C13H17NO3/c1-3-13(2,9-16)14-12(17)11-6-4-5-10(7-11)8-15/h4-8,16H,3,9H2,1-2H3,(H,14,17). The smallest absolute Gasteiger partial charge is 0.251 e. The molecule has 0 aliphatic carbocycles. The van der Waals surface area contributed by atoms with E-state index in [0.717, 1.165) is 0 Å². The van der Waals surface area contributed by atoms with Crippen molar-refractivity contribution < 1.29 is 14.7 Å². The molecule has 1 atom stereocenters. The molecule has 0 aromatic heterocycles. The molecule has 0 aliphatic heterocycles. The summed E-state index contributed by atoms with van der Waals surface area (Å²) in [7, 11) is 0. The molecule has 0 fully saturated rings. The van der Waals surface area contributed by atoms with E-state index in [0.29, 0.717) is 23.8 Å². The molecule has 1 aromatic carbocycles. The molecule has 0 heterocycles. The van der Waals surface area contributed by atoms with Crippen LogP contribution in [0.1, 0.15) is 41.0 Å². The normalized spacial score (nSPS) is 13.8. The summed E-state index contributed by atoms with van der Waals surface area (Å²) in [5.41, 5.74) is 0.247. The van der Waals surface area contributed by atoms with E-state index < -0.39 is 5.54 Å². The van der Waals surface area contributed by atoms with E-state index in [9.17, 15) is 14.7 Å². The largest absolute Gasteiger partial charge is 0.394 e. The highest BCUT2D eigenvalue weighted by atomic mass is 16.3. The van der Waals surface area contributed by atoms with E-state index in [1.807, 2.05) is 6.92 Å². The van der Waals surface area contributed by atoms with Crippen LogP contribution in [0, 0.1) is 0 Å². The summed E-state index contributed by atoms with van der Waals surface area (Å²) in [5, 5.41) is 12.0. The molecule has 0 saturated carbocycles. The number of hydrogen-bond donors (Lipinski definition) is 2. The number of amides is 1. The zero-order valence-electron chi connectivity index (χ0n) is 10.1. The highest BCUT2D eigenvalue weighted by Crippen LogP contribution is 2.10. The molecule has 4 nitrogen and oxygen atoms in total. The van der Waals surface area contributed by atoms with Gasteiger partial charge in [-0.3, -0.25) is 9.59 Å². The minimum atomic E-state index is -0.631. The van der Waals surface area contributed by atoms with Gasteiger partial charge in [-0.2, -0.15) is 0 Å². The third-order valence-electron chi connectivity index (χ3n) is 2.83. The van der Waals surface area contributed by atoms with Gasteiger partial charge < -0.3 is 10.4 Å². The number of aldehydes is 1. The van der Waals surface area contributed by atoms with Crippen LogP contribution in [0.15, 0.2) is 24.3 Å². The van der Waals surface area contributed by atoms with Gasteiger partial charge in [-0.05, 0) is 25.5 Å². The Kier molecular flexibility index (Phi) is 4.40. The monoisotopic (exact) mass is 235 g/mol. The first kappa shape index (κ1) is 13.4. The van der Waals surface area contributed by atoms with Gasteiger partial charge in [-0.25, -0.2) is 0 Å². The van der Waals surface area contributed by atoms with Gasteiger partial charge in [0.1, 0.15) is 6.29 Å². The van der Waals surface area contributed by atoms with Crippen molar-refractivity contribution in [3.05, 3.63) is 35.4 Å². The maximum Gasteiger partial charge on any atom is 0.251 e. The Morgan fingerprint density at radius 2 is 2.24 bits per heavy atom. The van der Waals surface area contributed by atoms with Crippen molar-refractivity contribution in [3.63, 3.8) is 0 Å². The first-order chi connectivity index (χ1) is 8.04. The topological polar surface area (TPSA) is 66.4 Å². The number of benzene rings is 1. The Morgan fingerprint density at radius 3 is 2.76 bits per heavy atom. The number of nitrogens with one attached hydrogen (secondary N) is 1. The van der Waals surface area contributed by atoms with E-state index in [4.69, 9.17) is 0 Å². The third kappa shape index (κ3) is 3.39. The van der Waals surface area contributed by atoms with Crippen molar-refractivity contribution in [2.45, 2.75) is 25.8 Å². The van der Waals surface area contributed by atoms with Gasteiger partial charge in [0, 0.05) is 11.1 Å². The average Bonchev–Trinajstić information content (AvgIpc) is 2.38. The molecule has 0 saturated heterocycles. The molecule has 92 valence electrons. The van der Waals surface area contributed by atoms with Gasteiger partial charge >= 0.3 is 0 Å². The Morgan fingerprint density at radius 1 is 1.53 bits per heavy atom. The summed E-state index contributed by atoms with van der Waals surface area (Å²) in [6.45, 7) is 3.54. The van der Waals surface area contributed by atoms with Gasteiger partial charge in [0.25, 0.3) is 5.91 Å². The van der Waals surface area contributed by atoms with E-state index in [1.54, 1.807) is 25.1 Å². The Balaban J connectivity index is 2.86. The van der Waals surface area contributed by atoms with Crippen LogP contribution in [0.5, 0.6) is 0 Å². The second-order valence-corrected chi connectivity index (χ2v) is 4.27. The van der Waals surface area contributed by atoms with Crippen molar-refractivity contribution in [2.75, 3.05) is 6.61 Å². The molecule has 1 rings (SSSR count). The van der Waals surface area contributed by atoms with E-state index in [1.165, 1.54) is 6.07 Å². The third-order valence-corrected chi connectivity index (χ3v) is 2.83. The van der Waals surface area contributed by atoms with Gasteiger partial charge in [-0.1, -0.05) is 19.1 Å². The lowest BCUT2D eigenvalue weighted by molar-refractivity contribution is 0.0847. The van der Waals surface area contributed by atoms with E-state index in [-0.39, 0.29) is 12.5 Å². The maximum atomic E-state index is 11.9. The van der Waals surface area contributed by atoms with Gasteiger partial charge in [-0.15, -0.1) is 0 Å². The molecule has 0 aliphatic rings. The fourth-order valence-corrected chi connectivity index (χ4v) is 1.34. The van der Waals surface area contributed by atoms with Gasteiger partial charge in [0.2, 0.25) is 0 Å². The fraction of sp³-hybridized carbons (Fsp3) is 0.385. The van der Waals surface area contributed by atoms with Crippen LogP contribution in [0.3, 0.4) is 0 Å². The first-order valence-corrected chi connectivity index (χ1v) is 5.53. The van der Waals surface area contributed by atoms with Crippen LogP contribution in [0.2, 0.25) is 0 Å². The van der Waals surface area contributed by atoms with Crippen molar-refractivity contribution >= 4 is 12.2 Å². The lowest BCUT2D eigenvalue weighted by atomic mass is 9.99. The highest BCUT2D eigenvalue weighted by molar-refractivity contribution is 5.96. The Labute approximate surface area is 101 Å². The molecule has 1 aromatic rings. The second-order valence-electron chi connectivity index (χ2n) is 4.27. The summed E-state index contributed by atoms with van der Waals surface area (Å²) in [4.78, 5) is 22.5. The number of rotatable bonds is 5.